The second-order valence-corrected chi connectivity index (χ2v) is 2.79. The van der Waals surface area contributed by atoms with Crippen molar-refractivity contribution in [3.8, 4) is 0 Å². The fraction of sp³-hybridized carbons (Fsp3) is 0.400. The molecule has 0 saturated heterocycles. The van der Waals surface area contributed by atoms with E-state index in [1.807, 2.05) is 13.8 Å². The van der Waals surface area contributed by atoms with Gasteiger partial charge in [0, 0.05) is 18.3 Å². The highest BCUT2D eigenvalue weighted by atomic mass is 35.5. The van der Waals surface area contributed by atoms with Gasteiger partial charge in [0.1, 0.15) is 5.15 Å². The monoisotopic (exact) mass is 214 g/mol. The zero-order valence-corrected chi connectivity index (χ0v) is 9.64. The van der Waals surface area contributed by atoms with Crippen molar-refractivity contribution in [1.82, 2.24) is 10.3 Å². The molecule has 1 aromatic rings. The predicted molar refractivity (Wildman–Crippen MR) is 58.7 cm³/mol. The van der Waals surface area contributed by atoms with Gasteiger partial charge in [-0.1, -0.05) is 25.4 Å². The third-order valence-electron chi connectivity index (χ3n) is 1.41. The van der Waals surface area contributed by atoms with E-state index in [9.17, 15) is 4.79 Å². The molecule has 0 unspecified atom stereocenters. The van der Waals surface area contributed by atoms with Crippen molar-refractivity contribution in [3.05, 3.63) is 28.5 Å². The van der Waals surface area contributed by atoms with Gasteiger partial charge in [-0.2, -0.15) is 0 Å². The largest absolute Gasteiger partial charge is 0.355 e. The summed E-state index contributed by atoms with van der Waals surface area (Å²) < 4.78 is 0. The molecular weight excluding hydrogens is 200 g/mol. The maximum atomic E-state index is 11.1. The molecule has 0 spiro atoms. The molecule has 1 heterocycles. The summed E-state index contributed by atoms with van der Waals surface area (Å²) in [5.41, 5.74) is 1.27. The standard InChI is InChI=1S/C8H9ClN2O.C2H6/c1-5-3-6(8(12)10-2)4-7(9)11-5;1-2/h3-4H,1-2H3,(H,10,12);1-2H3. The molecule has 0 saturated carbocycles. The van der Waals surface area contributed by atoms with E-state index in [-0.39, 0.29) is 5.91 Å². The highest BCUT2D eigenvalue weighted by molar-refractivity contribution is 6.29. The number of carbonyl (C=O) groups excluding carboxylic acids is 1. The Morgan fingerprint density at radius 3 is 2.43 bits per heavy atom. The average Bonchev–Trinajstić information content (AvgIpc) is 2.18. The minimum absolute atomic E-state index is 0.151. The zero-order valence-electron chi connectivity index (χ0n) is 8.89. The second kappa shape index (κ2) is 6.38. The Balaban J connectivity index is 0.000000791. The predicted octanol–water partition coefficient (Wildman–Crippen LogP) is 2.43. The third-order valence-corrected chi connectivity index (χ3v) is 1.61. The van der Waals surface area contributed by atoms with E-state index in [0.29, 0.717) is 10.7 Å². The van der Waals surface area contributed by atoms with Crippen LogP contribution in [0.4, 0.5) is 0 Å². The number of aryl methyl sites for hydroxylation is 1. The fourth-order valence-corrected chi connectivity index (χ4v) is 1.15. The molecule has 1 aromatic heterocycles. The molecule has 78 valence electrons. The van der Waals surface area contributed by atoms with E-state index < -0.39 is 0 Å². The van der Waals surface area contributed by atoms with Crippen LogP contribution in [-0.4, -0.2) is 17.9 Å². The van der Waals surface area contributed by atoms with Crippen LogP contribution in [0.25, 0.3) is 0 Å². The number of nitrogens with one attached hydrogen (secondary N) is 1. The van der Waals surface area contributed by atoms with Gasteiger partial charge in [-0.25, -0.2) is 4.98 Å². The summed E-state index contributed by atoms with van der Waals surface area (Å²) in [6.45, 7) is 5.79. The second-order valence-electron chi connectivity index (χ2n) is 2.40. The molecule has 1 rings (SSSR count). The van der Waals surface area contributed by atoms with Crippen LogP contribution in [-0.2, 0) is 0 Å². The molecule has 3 nitrogen and oxygen atoms in total. The van der Waals surface area contributed by atoms with Crippen LogP contribution in [0.3, 0.4) is 0 Å². The molecule has 1 amide bonds. The number of pyridine rings is 1. The molecule has 0 bridgehead atoms. The lowest BCUT2D eigenvalue weighted by molar-refractivity contribution is 0.0963. The van der Waals surface area contributed by atoms with Gasteiger partial charge in [0.15, 0.2) is 0 Å². The van der Waals surface area contributed by atoms with Crippen molar-refractivity contribution in [3.63, 3.8) is 0 Å². The first-order valence-electron chi connectivity index (χ1n) is 4.50. The summed E-state index contributed by atoms with van der Waals surface area (Å²) in [6.07, 6.45) is 0. The van der Waals surface area contributed by atoms with E-state index in [4.69, 9.17) is 11.6 Å². The van der Waals surface area contributed by atoms with Gasteiger partial charge in [-0.05, 0) is 19.1 Å². The Bertz CT molecular complexity index is 293. The maximum Gasteiger partial charge on any atom is 0.251 e. The summed E-state index contributed by atoms with van der Waals surface area (Å²) in [7, 11) is 1.58. The van der Waals surface area contributed by atoms with Crippen molar-refractivity contribution in [2.24, 2.45) is 0 Å². The molecule has 0 aliphatic carbocycles. The normalized spacial score (nSPS) is 8.64. The molecule has 4 heteroatoms. The van der Waals surface area contributed by atoms with Gasteiger partial charge in [0.25, 0.3) is 5.91 Å². The van der Waals surface area contributed by atoms with E-state index in [2.05, 4.69) is 10.3 Å². The first kappa shape index (κ1) is 12.9. The quantitative estimate of drug-likeness (QED) is 0.730. The van der Waals surface area contributed by atoms with Crippen molar-refractivity contribution < 1.29 is 4.79 Å². The molecule has 0 aliphatic heterocycles. The van der Waals surface area contributed by atoms with Crippen molar-refractivity contribution in [1.29, 1.82) is 0 Å². The van der Waals surface area contributed by atoms with Gasteiger partial charge in [0.05, 0.1) is 0 Å². The van der Waals surface area contributed by atoms with E-state index in [1.165, 1.54) is 6.07 Å². The summed E-state index contributed by atoms with van der Waals surface area (Å²) >= 11 is 5.66. The number of aromatic nitrogens is 1. The topological polar surface area (TPSA) is 42.0 Å². The fourth-order valence-electron chi connectivity index (χ4n) is 0.903. The zero-order chi connectivity index (χ0) is 11.1. The van der Waals surface area contributed by atoms with Crippen LogP contribution >= 0.6 is 11.6 Å². The van der Waals surface area contributed by atoms with Crippen molar-refractivity contribution >= 4 is 17.5 Å². The van der Waals surface area contributed by atoms with Gasteiger partial charge >= 0.3 is 0 Å². The van der Waals surface area contributed by atoms with Gasteiger partial charge in [-0.3, -0.25) is 4.79 Å². The van der Waals surface area contributed by atoms with E-state index in [1.54, 1.807) is 20.0 Å². The summed E-state index contributed by atoms with van der Waals surface area (Å²) in [5, 5.41) is 2.85. The Hall–Kier alpha value is -1.09. The lowest BCUT2D eigenvalue weighted by Crippen LogP contribution is -2.17. The molecule has 1 N–H and O–H groups in total. The van der Waals surface area contributed by atoms with Gasteiger partial charge in [-0.15, -0.1) is 0 Å². The molecular formula is C10H15ClN2O. The van der Waals surface area contributed by atoms with Crippen LogP contribution in [0, 0.1) is 6.92 Å². The minimum atomic E-state index is -0.151. The third kappa shape index (κ3) is 3.75. The Labute approximate surface area is 89.5 Å². The number of hydrogen-bond donors (Lipinski definition) is 1. The highest BCUT2D eigenvalue weighted by Crippen LogP contribution is 2.09. The summed E-state index contributed by atoms with van der Waals surface area (Å²) in [4.78, 5) is 15.1. The van der Waals surface area contributed by atoms with Gasteiger partial charge in [0.2, 0.25) is 0 Å². The molecule has 14 heavy (non-hydrogen) atoms. The van der Waals surface area contributed by atoms with E-state index in [0.717, 1.165) is 5.69 Å². The van der Waals surface area contributed by atoms with E-state index >= 15 is 0 Å². The smallest absolute Gasteiger partial charge is 0.251 e. The van der Waals surface area contributed by atoms with Gasteiger partial charge < -0.3 is 5.32 Å². The van der Waals surface area contributed by atoms with Crippen LogP contribution < -0.4 is 5.32 Å². The van der Waals surface area contributed by atoms with Crippen LogP contribution in [0.2, 0.25) is 5.15 Å². The number of carbonyl (C=O) groups is 1. The first-order chi connectivity index (χ1) is 6.63. The SMILES string of the molecule is CC.CNC(=O)c1cc(C)nc(Cl)c1. The molecule has 0 radical (unpaired) electrons. The van der Waals surface area contributed by atoms with Crippen molar-refractivity contribution in [2.45, 2.75) is 20.8 Å². The molecule has 0 aromatic carbocycles. The molecule has 0 fully saturated rings. The number of rotatable bonds is 1. The van der Waals surface area contributed by atoms with Crippen LogP contribution in [0.1, 0.15) is 29.9 Å². The number of nitrogens with zero attached hydrogens (tertiary/aromatic N) is 1. The minimum Gasteiger partial charge on any atom is -0.355 e. The Morgan fingerprint density at radius 1 is 1.43 bits per heavy atom. The first-order valence-corrected chi connectivity index (χ1v) is 4.87. The van der Waals surface area contributed by atoms with Crippen LogP contribution in [0.5, 0.6) is 0 Å². The number of halogens is 1. The Kier molecular flexibility index (Phi) is 5.88. The maximum absolute atomic E-state index is 11.1. The summed E-state index contributed by atoms with van der Waals surface area (Å²) in [6, 6.07) is 3.22. The lowest BCUT2D eigenvalue weighted by Gasteiger charge is -2.00. The number of amides is 1. The summed E-state index contributed by atoms with van der Waals surface area (Å²) in [5.74, 6) is -0.151. The van der Waals surface area contributed by atoms with Crippen LogP contribution in [0.15, 0.2) is 12.1 Å². The van der Waals surface area contributed by atoms with Crippen molar-refractivity contribution in [2.75, 3.05) is 7.05 Å². The molecule has 0 aliphatic rings. The Morgan fingerprint density at radius 2 is 2.00 bits per heavy atom. The average molecular weight is 215 g/mol. The highest BCUT2D eigenvalue weighted by Gasteiger charge is 2.04. The lowest BCUT2D eigenvalue weighted by atomic mass is 10.2. The molecule has 0 atom stereocenters. The number of hydrogen-bond acceptors (Lipinski definition) is 2.